The lowest BCUT2D eigenvalue weighted by Crippen LogP contribution is -2.05. The van der Waals surface area contributed by atoms with E-state index in [0.29, 0.717) is 12.0 Å². The molecule has 1 heterocycles. The van der Waals surface area contributed by atoms with Crippen LogP contribution in [-0.2, 0) is 11.2 Å². The minimum absolute atomic E-state index is 0.135. The molecule has 1 aromatic heterocycles. The maximum Gasteiger partial charge on any atom is 0.357 e. The number of fused-ring (bicyclic) bond motifs is 1. The number of aromatic nitrogens is 1. The molecule has 0 atom stereocenters. The fourth-order valence-corrected chi connectivity index (χ4v) is 2.98. The van der Waals surface area contributed by atoms with Gasteiger partial charge in [-0.25, -0.2) is 9.78 Å². The minimum Gasteiger partial charge on any atom is -0.508 e. The van der Waals surface area contributed by atoms with Gasteiger partial charge in [-0.15, -0.1) is 11.3 Å². The van der Waals surface area contributed by atoms with E-state index >= 15 is 0 Å². The Hall–Kier alpha value is -2.47. The summed E-state index contributed by atoms with van der Waals surface area (Å²) in [5.74, 6) is -0.603. The first kappa shape index (κ1) is 13.5. The van der Waals surface area contributed by atoms with E-state index in [1.807, 2.05) is 6.08 Å². The molecule has 0 aliphatic heterocycles. The highest BCUT2D eigenvalue weighted by Crippen LogP contribution is 2.32. The van der Waals surface area contributed by atoms with Crippen LogP contribution in [0.4, 0.5) is 0 Å². The summed E-state index contributed by atoms with van der Waals surface area (Å²) in [6.07, 6.45) is 2.41. The molecule has 1 aromatic carbocycles. The lowest BCUT2D eigenvalue weighted by Gasteiger charge is -2.03. The van der Waals surface area contributed by atoms with Gasteiger partial charge in [-0.3, -0.25) is 4.79 Å². The number of ketones is 1. The van der Waals surface area contributed by atoms with Crippen LogP contribution < -0.4 is 0 Å². The number of phenols is 1. The predicted octanol–water partition coefficient (Wildman–Crippen LogP) is 2.46. The van der Waals surface area contributed by atoms with Crippen LogP contribution in [0.25, 0.3) is 5.57 Å². The van der Waals surface area contributed by atoms with Gasteiger partial charge in [0.1, 0.15) is 5.75 Å². The second-order valence-electron chi connectivity index (χ2n) is 4.52. The monoisotopic (exact) mass is 301 g/mol. The van der Waals surface area contributed by atoms with E-state index in [-0.39, 0.29) is 22.2 Å². The zero-order valence-corrected chi connectivity index (χ0v) is 11.9. The van der Waals surface area contributed by atoms with E-state index in [9.17, 15) is 14.7 Å². The molecule has 2 aromatic rings. The molecule has 0 fully saturated rings. The topological polar surface area (TPSA) is 76.5 Å². The van der Waals surface area contributed by atoms with Crippen LogP contribution in [0.5, 0.6) is 5.75 Å². The van der Waals surface area contributed by atoms with Gasteiger partial charge in [-0.2, -0.15) is 0 Å². The van der Waals surface area contributed by atoms with Crippen LogP contribution in [0.2, 0.25) is 0 Å². The van der Waals surface area contributed by atoms with Gasteiger partial charge in [0.15, 0.2) is 10.7 Å². The number of Topliss-reactive ketones (excluding diaryl/α,β-unsaturated/α-hetero) is 1. The molecule has 1 aliphatic rings. The Morgan fingerprint density at radius 1 is 1.38 bits per heavy atom. The molecular formula is C15H11NO4S. The Morgan fingerprint density at radius 2 is 2.19 bits per heavy atom. The molecule has 0 bridgehead atoms. The highest BCUT2D eigenvalue weighted by Gasteiger charge is 2.24. The highest BCUT2D eigenvalue weighted by molar-refractivity contribution is 7.12. The molecule has 6 heteroatoms. The normalized spacial score (nSPS) is 12.7. The van der Waals surface area contributed by atoms with E-state index < -0.39 is 5.97 Å². The summed E-state index contributed by atoms with van der Waals surface area (Å²) in [7, 11) is 1.27. The van der Waals surface area contributed by atoms with Gasteiger partial charge in [0.05, 0.1) is 7.11 Å². The molecule has 1 N–H and O–H groups in total. The van der Waals surface area contributed by atoms with Crippen molar-refractivity contribution in [1.82, 2.24) is 4.98 Å². The van der Waals surface area contributed by atoms with Crippen LogP contribution in [0, 0.1) is 0 Å². The molecule has 106 valence electrons. The van der Waals surface area contributed by atoms with Crippen molar-refractivity contribution in [3.05, 3.63) is 51.5 Å². The molecule has 0 saturated heterocycles. The number of carbonyl (C=O) groups excluding carboxylic acids is 2. The number of carbonyl (C=O) groups is 2. The van der Waals surface area contributed by atoms with Crippen LogP contribution in [-0.4, -0.2) is 29.0 Å². The van der Waals surface area contributed by atoms with E-state index in [4.69, 9.17) is 0 Å². The van der Waals surface area contributed by atoms with Crippen molar-refractivity contribution in [2.45, 2.75) is 6.42 Å². The molecule has 1 aliphatic carbocycles. The van der Waals surface area contributed by atoms with E-state index in [1.54, 1.807) is 18.2 Å². The summed E-state index contributed by atoms with van der Waals surface area (Å²) in [4.78, 5) is 27.9. The van der Waals surface area contributed by atoms with E-state index in [0.717, 1.165) is 22.5 Å². The summed E-state index contributed by atoms with van der Waals surface area (Å²) < 4.78 is 4.58. The molecule has 0 unspecified atom stereocenters. The minimum atomic E-state index is -0.559. The number of nitrogens with zero attached hydrogens (tertiary/aromatic N) is 1. The maximum absolute atomic E-state index is 12.5. The molecule has 5 nitrogen and oxygen atoms in total. The van der Waals surface area contributed by atoms with Crippen LogP contribution >= 0.6 is 11.3 Å². The van der Waals surface area contributed by atoms with Gasteiger partial charge in [0.2, 0.25) is 5.78 Å². The van der Waals surface area contributed by atoms with Gasteiger partial charge in [-0.05, 0) is 29.7 Å². The third-order valence-corrected chi connectivity index (χ3v) is 4.08. The largest absolute Gasteiger partial charge is 0.508 e. The summed E-state index contributed by atoms with van der Waals surface area (Å²) in [5, 5.41) is 11.2. The SMILES string of the molecule is COC(=O)c1csc(C(=O)C2=CCc3cc(O)ccc32)n1. The number of phenolic OH excluding ortho intramolecular Hbond substituents is 1. The average Bonchev–Trinajstić information content (AvgIpc) is 3.12. The Bertz CT molecular complexity index is 776. The Morgan fingerprint density at radius 3 is 2.95 bits per heavy atom. The third kappa shape index (κ3) is 2.34. The van der Waals surface area contributed by atoms with Crippen molar-refractivity contribution in [3.8, 4) is 5.75 Å². The summed E-state index contributed by atoms with van der Waals surface area (Å²) in [6, 6.07) is 4.91. The smallest absolute Gasteiger partial charge is 0.357 e. The van der Waals surface area contributed by atoms with Gasteiger partial charge >= 0.3 is 5.97 Å². The Balaban J connectivity index is 1.91. The number of hydrogen-bond donors (Lipinski definition) is 1. The zero-order valence-electron chi connectivity index (χ0n) is 11.1. The number of esters is 1. The molecule has 0 radical (unpaired) electrons. The number of benzene rings is 1. The Kier molecular flexibility index (Phi) is 3.31. The fraction of sp³-hybridized carbons (Fsp3) is 0.133. The summed E-state index contributed by atoms with van der Waals surface area (Å²) in [5.41, 5.74) is 2.39. The van der Waals surface area contributed by atoms with Crippen LogP contribution in [0.1, 0.15) is 31.4 Å². The van der Waals surface area contributed by atoms with Crippen molar-refractivity contribution < 1.29 is 19.4 Å². The first-order chi connectivity index (χ1) is 10.1. The second-order valence-corrected chi connectivity index (χ2v) is 5.38. The summed E-state index contributed by atoms with van der Waals surface area (Å²) in [6.45, 7) is 0. The van der Waals surface area contributed by atoms with Crippen molar-refractivity contribution in [1.29, 1.82) is 0 Å². The Labute approximate surface area is 124 Å². The number of thiazole rings is 1. The molecule has 0 spiro atoms. The highest BCUT2D eigenvalue weighted by atomic mass is 32.1. The van der Waals surface area contributed by atoms with Crippen LogP contribution in [0.3, 0.4) is 0 Å². The molecule has 0 saturated carbocycles. The average molecular weight is 301 g/mol. The first-order valence-electron chi connectivity index (χ1n) is 6.21. The quantitative estimate of drug-likeness (QED) is 0.696. The number of rotatable bonds is 3. The van der Waals surface area contributed by atoms with Crippen molar-refractivity contribution in [2.75, 3.05) is 7.11 Å². The van der Waals surface area contributed by atoms with Gasteiger partial charge in [0.25, 0.3) is 0 Å². The van der Waals surface area contributed by atoms with Crippen LogP contribution in [0.15, 0.2) is 29.7 Å². The molecule has 21 heavy (non-hydrogen) atoms. The molecular weight excluding hydrogens is 290 g/mol. The lowest BCUT2D eigenvalue weighted by atomic mass is 10.0. The van der Waals surface area contributed by atoms with Crippen molar-refractivity contribution in [2.24, 2.45) is 0 Å². The second kappa shape index (κ2) is 5.14. The number of aromatic hydroxyl groups is 1. The number of ether oxygens (including phenoxy) is 1. The lowest BCUT2D eigenvalue weighted by molar-refractivity contribution is 0.0595. The number of methoxy groups -OCH3 is 1. The van der Waals surface area contributed by atoms with Gasteiger partial charge in [-0.1, -0.05) is 12.1 Å². The fourth-order valence-electron chi connectivity index (χ4n) is 2.24. The zero-order chi connectivity index (χ0) is 15.0. The van der Waals surface area contributed by atoms with Gasteiger partial charge < -0.3 is 9.84 Å². The number of allylic oxidation sites excluding steroid dienone is 2. The van der Waals surface area contributed by atoms with Gasteiger partial charge in [0, 0.05) is 11.0 Å². The van der Waals surface area contributed by atoms with E-state index in [2.05, 4.69) is 9.72 Å². The van der Waals surface area contributed by atoms with E-state index in [1.165, 1.54) is 12.5 Å². The molecule has 3 rings (SSSR count). The standard InChI is InChI=1S/C15H11NO4S/c1-20-15(19)12-7-21-14(16-12)13(18)11-4-2-8-6-9(17)3-5-10(8)11/h3-7,17H,2H2,1H3. The number of hydrogen-bond acceptors (Lipinski definition) is 6. The predicted molar refractivity (Wildman–Crippen MR) is 77.6 cm³/mol. The van der Waals surface area contributed by atoms with Crippen molar-refractivity contribution in [3.63, 3.8) is 0 Å². The van der Waals surface area contributed by atoms with Crippen molar-refractivity contribution >= 4 is 28.7 Å². The molecule has 0 amide bonds. The maximum atomic E-state index is 12.5. The third-order valence-electron chi connectivity index (χ3n) is 3.24. The summed E-state index contributed by atoms with van der Waals surface area (Å²) >= 11 is 1.11. The first-order valence-corrected chi connectivity index (χ1v) is 7.09.